The molecule has 0 aromatic rings. The van der Waals surface area contributed by atoms with Crippen LogP contribution in [0.4, 0.5) is 0 Å². The molecular weight excluding hydrogens is 236 g/mol. The van der Waals surface area contributed by atoms with Crippen LogP contribution in [0, 0.1) is 0 Å². The number of hydrogen-bond donors (Lipinski definition) is 0. The van der Waals surface area contributed by atoms with Crippen molar-refractivity contribution in [1.29, 1.82) is 0 Å². The van der Waals surface area contributed by atoms with Gasteiger partial charge in [-0.15, -0.1) is 0 Å². The zero-order valence-electron chi connectivity index (χ0n) is 14.1. The molecule has 0 aliphatic rings. The molecule has 0 fully saturated rings. The summed E-state index contributed by atoms with van der Waals surface area (Å²) in [6.45, 7) is 23.9. The predicted octanol–water partition coefficient (Wildman–Crippen LogP) is 4.32. The van der Waals surface area contributed by atoms with Gasteiger partial charge >= 0.3 is 0 Å². The van der Waals surface area contributed by atoms with E-state index < -0.39 is 8.40 Å². The molecule has 0 aromatic heterocycles. The van der Waals surface area contributed by atoms with E-state index in [1.165, 1.54) is 32.6 Å². The van der Waals surface area contributed by atoms with E-state index in [4.69, 9.17) is 0 Å². The monoisotopic (exact) mass is 272 g/mol. The van der Waals surface area contributed by atoms with Crippen LogP contribution in [0.3, 0.4) is 0 Å². The Morgan fingerprint density at radius 2 is 1.06 bits per heavy atom. The van der Waals surface area contributed by atoms with Crippen molar-refractivity contribution in [2.24, 2.45) is 0 Å². The summed E-state index contributed by atoms with van der Waals surface area (Å²) < 4.78 is 5.64. The second-order valence-corrected chi connectivity index (χ2v) is 10.6. The van der Waals surface area contributed by atoms with Crippen molar-refractivity contribution < 1.29 is 0 Å². The second kappa shape index (κ2) is 8.34. The molecule has 0 N–H and O–H groups in total. The molecule has 3 heteroatoms. The number of hydrogen-bond acceptors (Lipinski definition) is 2. The molecule has 0 saturated heterocycles. The van der Waals surface area contributed by atoms with Gasteiger partial charge in [0.25, 0.3) is 0 Å². The lowest BCUT2D eigenvalue weighted by Gasteiger charge is -2.54. The third-order valence-corrected chi connectivity index (χ3v) is 11.6. The molecule has 0 amide bonds. The molecule has 18 heavy (non-hydrogen) atoms. The Morgan fingerprint density at radius 1 is 0.722 bits per heavy atom. The summed E-state index contributed by atoms with van der Waals surface area (Å²) in [5.41, 5.74) is 1.62. The molecule has 0 aromatic carbocycles. The minimum atomic E-state index is -1.57. The van der Waals surface area contributed by atoms with Gasteiger partial charge in [-0.2, -0.15) is 0 Å². The largest absolute Gasteiger partial charge is 0.312 e. The summed E-state index contributed by atoms with van der Waals surface area (Å²) >= 11 is 0. The molecule has 1 unspecified atom stereocenters. The molecule has 0 heterocycles. The standard InChI is InChI=1S/C15H36N2Si/c1-9-15(8)18(14(6)7,16(10-2)11-3)17(12-4)13-5/h14-15H,9-13H2,1-8H3. The first-order valence-electron chi connectivity index (χ1n) is 7.97. The first kappa shape index (κ1) is 18.1. The van der Waals surface area contributed by atoms with Crippen molar-refractivity contribution in [2.75, 3.05) is 26.2 Å². The molecule has 0 radical (unpaired) electrons. The highest BCUT2D eigenvalue weighted by molar-refractivity contribution is 6.77. The van der Waals surface area contributed by atoms with Crippen molar-refractivity contribution in [3.63, 3.8) is 0 Å². The lowest BCUT2D eigenvalue weighted by Crippen LogP contribution is -2.69. The van der Waals surface area contributed by atoms with Crippen molar-refractivity contribution in [2.45, 2.75) is 72.9 Å². The van der Waals surface area contributed by atoms with E-state index in [9.17, 15) is 0 Å². The van der Waals surface area contributed by atoms with Crippen LogP contribution in [0.5, 0.6) is 0 Å². The maximum absolute atomic E-state index is 2.82. The topological polar surface area (TPSA) is 6.48 Å². The van der Waals surface area contributed by atoms with Crippen LogP contribution in [0.25, 0.3) is 0 Å². The minimum absolute atomic E-state index is 0.784. The van der Waals surface area contributed by atoms with E-state index in [2.05, 4.69) is 64.5 Å². The molecule has 1 atom stereocenters. The number of nitrogens with zero attached hydrogens (tertiary/aromatic N) is 2. The Kier molecular flexibility index (Phi) is 8.40. The minimum Gasteiger partial charge on any atom is -0.312 e. The molecule has 2 nitrogen and oxygen atoms in total. The van der Waals surface area contributed by atoms with Gasteiger partial charge < -0.3 is 9.13 Å². The molecule has 0 aliphatic heterocycles. The third-order valence-electron chi connectivity index (χ3n) is 4.73. The van der Waals surface area contributed by atoms with Crippen LogP contribution >= 0.6 is 0 Å². The first-order chi connectivity index (χ1) is 8.46. The molecular formula is C15H36N2Si. The van der Waals surface area contributed by atoms with E-state index >= 15 is 0 Å². The average Bonchev–Trinajstić information content (AvgIpc) is 2.37. The van der Waals surface area contributed by atoms with Crippen LogP contribution < -0.4 is 0 Å². The smallest absolute Gasteiger partial charge is 0.212 e. The van der Waals surface area contributed by atoms with Gasteiger partial charge in [0.05, 0.1) is 0 Å². The Hall–Kier alpha value is 0.137. The summed E-state index contributed by atoms with van der Waals surface area (Å²) in [6, 6.07) is 0. The zero-order chi connectivity index (χ0) is 14.3. The maximum atomic E-state index is 2.82. The fourth-order valence-corrected chi connectivity index (χ4v) is 10.8. The Balaban J connectivity index is 5.69. The lowest BCUT2D eigenvalue weighted by molar-refractivity contribution is 0.324. The molecule has 0 spiro atoms. The summed E-state index contributed by atoms with van der Waals surface area (Å²) in [7, 11) is -1.57. The van der Waals surface area contributed by atoms with Gasteiger partial charge in [-0.3, -0.25) is 0 Å². The van der Waals surface area contributed by atoms with Gasteiger partial charge in [0.1, 0.15) is 0 Å². The van der Waals surface area contributed by atoms with Crippen molar-refractivity contribution in [3.05, 3.63) is 0 Å². The Morgan fingerprint density at radius 3 is 1.22 bits per heavy atom. The summed E-state index contributed by atoms with van der Waals surface area (Å²) in [5, 5.41) is 0. The van der Waals surface area contributed by atoms with E-state index in [0.717, 1.165) is 11.1 Å². The fraction of sp³-hybridized carbons (Fsp3) is 1.00. The van der Waals surface area contributed by atoms with Gasteiger partial charge in [-0.25, -0.2) is 0 Å². The quantitative estimate of drug-likeness (QED) is 0.577. The highest BCUT2D eigenvalue weighted by Gasteiger charge is 2.49. The molecule has 0 rings (SSSR count). The molecule has 0 bridgehead atoms. The summed E-state index contributed by atoms with van der Waals surface area (Å²) in [6.07, 6.45) is 1.30. The summed E-state index contributed by atoms with van der Waals surface area (Å²) in [4.78, 5) is 0. The highest BCUT2D eigenvalue weighted by Crippen LogP contribution is 2.40. The fourth-order valence-electron chi connectivity index (χ4n) is 3.88. The molecule has 0 saturated carbocycles. The average molecular weight is 273 g/mol. The second-order valence-electron chi connectivity index (χ2n) is 5.59. The van der Waals surface area contributed by atoms with Crippen LogP contribution in [0.1, 0.15) is 61.8 Å². The van der Waals surface area contributed by atoms with Crippen LogP contribution in [0.2, 0.25) is 11.1 Å². The summed E-state index contributed by atoms with van der Waals surface area (Å²) in [5.74, 6) is 0. The Bertz CT molecular complexity index is 199. The normalized spacial score (nSPS) is 14.8. The highest BCUT2D eigenvalue weighted by atomic mass is 28.4. The SMILES string of the molecule is CCC(C)[Si](C(C)C)(N(CC)CC)N(CC)CC. The van der Waals surface area contributed by atoms with Crippen molar-refractivity contribution in [1.82, 2.24) is 9.13 Å². The Labute approximate surface area is 117 Å². The first-order valence-corrected chi connectivity index (χ1v) is 10.0. The van der Waals surface area contributed by atoms with E-state index in [-0.39, 0.29) is 0 Å². The van der Waals surface area contributed by atoms with Gasteiger partial charge in [0, 0.05) is 0 Å². The third kappa shape index (κ3) is 3.17. The van der Waals surface area contributed by atoms with E-state index in [0.29, 0.717) is 0 Å². The van der Waals surface area contributed by atoms with Crippen LogP contribution in [-0.2, 0) is 0 Å². The van der Waals surface area contributed by atoms with Gasteiger partial charge in [0.15, 0.2) is 0 Å². The van der Waals surface area contributed by atoms with E-state index in [1.54, 1.807) is 0 Å². The van der Waals surface area contributed by atoms with Crippen LogP contribution in [0.15, 0.2) is 0 Å². The van der Waals surface area contributed by atoms with Gasteiger partial charge in [-0.1, -0.05) is 61.8 Å². The van der Waals surface area contributed by atoms with Crippen molar-refractivity contribution in [3.8, 4) is 0 Å². The molecule has 110 valence electrons. The zero-order valence-corrected chi connectivity index (χ0v) is 15.1. The van der Waals surface area contributed by atoms with Gasteiger partial charge in [0.2, 0.25) is 8.40 Å². The van der Waals surface area contributed by atoms with E-state index in [1.807, 2.05) is 0 Å². The number of rotatable bonds is 9. The molecule has 0 aliphatic carbocycles. The van der Waals surface area contributed by atoms with Gasteiger partial charge in [-0.05, 0) is 37.3 Å². The van der Waals surface area contributed by atoms with Crippen LogP contribution in [-0.4, -0.2) is 43.7 Å². The predicted molar refractivity (Wildman–Crippen MR) is 86.4 cm³/mol. The van der Waals surface area contributed by atoms with Crippen molar-refractivity contribution >= 4 is 8.40 Å². The lowest BCUT2D eigenvalue weighted by atomic mass is 10.4. The maximum Gasteiger partial charge on any atom is 0.212 e.